The molecule has 0 unspecified atom stereocenters. The summed E-state index contributed by atoms with van der Waals surface area (Å²) in [5.74, 6) is 1.20. The Morgan fingerprint density at radius 3 is 2.54 bits per heavy atom. The molecule has 0 saturated carbocycles. The summed E-state index contributed by atoms with van der Waals surface area (Å²) in [5, 5.41) is 14.7. The first kappa shape index (κ1) is 19.9. The van der Waals surface area contributed by atoms with E-state index in [4.69, 9.17) is 10.3 Å². The number of aromatic nitrogens is 2. The van der Waals surface area contributed by atoms with Crippen molar-refractivity contribution in [1.29, 1.82) is 0 Å². The molecule has 9 heteroatoms. The highest BCUT2D eigenvalue weighted by Crippen LogP contribution is 2.27. The topological polar surface area (TPSA) is 111 Å². The van der Waals surface area contributed by atoms with Crippen molar-refractivity contribution >= 4 is 18.1 Å². The second kappa shape index (κ2) is 8.47. The molecule has 2 N–H and O–H groups in total. The summed E-state index contributed by atoms with van der Waals surface area (Å²) in [7, 11) is 0. The van der Waals surface area contributed by atoms with Crippen molar-refractivity contribution in [1.82, 2.24) is 15.0 Å². The number of nitro groups is 1. The number of halogens is 1. The average molecular weight is 402 g/mol. The molecule has 4 rings (SSSR count). The molecule has 0 radical (unpaired) electrons. The molecule has 2 aromatic carbocycles. The average Bonchev–Trinajstić information content (AvgIpc) is 3.29. The zero-order valence-electron chi connectivity index (χ0n) is 15.0. The lowest BCUT2D eigenvalue weighted by Crippen LogP contribution is -2.28. The first-order valence-corrected chi connectivity index (χ1v) is 8.70. The molecule has 0 amide bonds. The van der Waals surface area contributed by atoms with E-state index in [-0.39, 0.29) is 30.1 Å². The molecule has 0 bridgehead atoms. The summed E-state index contributed by atoms with van der Waals surface area (Å²) in [5.41, 5.74) is 8.27. The molecule has 1 saturated heterocycles. The Morgan fingerprint density at radius 1 is 1.14 bits per heavy atom. The van der Waals surface area contributed by atoms with E-state index >= 15 is 0 Å². The van der Waals surface area contributed by atoms with Crippen LogP contribution in [0.15, 0.2) is 59.1 Å². The summed E-state index contributed by atoms with van der Waals surface area (Å²) in [6.07, 6.45) is 0. The minimum absolute atomic E-state index is 0. The lowest BCUT2D eigenvalue weighted by molar-refractivity contribution is -0.384. The summed E-state index contributed by atoms with van der Waals surface area (Å²) >= 11 is 0. The predicted octanol–water partition coefficient (Wildman–Crippen LogP) is 2.99. The van der Waals surface area contributed by atoms with E-state index in [0.29, 0.717) is 23.8 Å². The second-order valence-corrected chi connectivity index (χ2v) is 6.69. The van der Waals surface area contributed by atoms with Gasteiger partial charge in [-0.1, -0.05) is 35.5 Å². The van der Waals surface area contributed by atoms with Gasteiger partial charge in [0.2, 0.25) is 11.7 Å². The van der Waals surface area contributed by atoms with E-state index in [1.807, 2.05) is 18.2 Å². The number of hydrogen-bond donors (Lipinski definition) is 1. The SMILES string of the molecule is Cl.N[C@@H]1CN(Cc2nc(-c3ccc([N+](=O)[O-])cc3)no2)C[C@H]1c1ccccc1. The van der Waals surface area contributed by atoms with E-state index in [9.17, 15) is 10.1 Å². The Labute approximate surface area is 167 Å². The van der Waals surface area contributed by atoms with Crippen LogP contribution in [-0.4, -0.2) is 39.1 Å². The molecule has 0 spiro atoms. The van der Waals surface area contributed by atoms with Crippen LogP contribution in [-0.2, 0) is 6.54 Å². The lowest BCUT2D eigenvalue weighted by Gasteiger charge is -2.14. The van der Waals surface area contributed by atoms with Gasteiger partial charge in [0.15, 0.2) is 0 Å². The summed E-state index contributed by atoms with van der Waals surface area (Å²) < 4.78 is 5.36. The number of nitro benzene ring substituents is 1. The molecule has 146 valence electrons. The van der Waals surface area contributed by atoms with Crippen molar-refractivity contribution < 1.29 is 9.45 Å². The standard InChI is InChI=1S/C19H19N5O3.ClH/c20-17-11-23(10-16(17)13-4-2-1-3-5-13)12-18-21-19(22-27-18)14-6-8-15(9-7-14)24(25)26;/h1-9,16-17H,10-12,20H2;1H/t16-,17+;/m0./s1. The molecular weight excluding hydrogens is 382 g/mol. The highest BCUT2D eigenvalue weighted by atomic mass is 35.5. The van der Waals surface area contributed by atoms with Gasteiger partial charge in [0.1, 0.15) is 0 Å². The predicted molar refractivity (Wildman–Crippen MR) is 106 cm³/mol. The molecule has 1 aliphatic heterocycles. The maximum atomic E-state index is 10.7. The van der Waals surface area contributed by atoms with E-state index in [1.54, 1.807) is 12.1 Å². The monoisotopic (exact) mass is 401 g/mol. The maximum Gasteiger partial charge on any atom is 0.269 e. The van der Waals surface area contributed by atoms with Crippen LogP contribution in [0, 0.1) is 10.1 Å². The molecule has 2 heterocycles. The van der Waals surface area contributed by atoms with Crippen molar-refractivity contribution in [3.05, 3.63) is 76.2 Å². The number of nitrogens with zero attached hydrogens (tertiary/aromatic N) is 4. The number of non-ortho nitro benzene ring substituents is 1. The van der Waals surface area contributed by atoms with Crippen molar-refractivity contribution in [2.24, 2.45) is 5.73 Å². The normalized spacial score (nSPS) is 19.3. The first-order valence-electron chi connectivity index (χ1n) is 8.70. The van der Waals surface area contributed by atoms with E-state index < -0.39 is 4.92 Å². The molecule has 1 aliphatic rings. The Bertz CT molecular complexity index is 932. The highest BCUT2D eigenvalue weighted by Gasteiger charge is 2.32. The van der Waals surface area contributed by atoms with E-state index in [2.05, 4.69) is 27.2 Å². The van der Waals surface area contributed by atoms with Gasteiger partial charge in [-0.25, -0.2) is 0 Å². The highest BCUT2D eigenvalue weighted by molar-refractivity contribution is 5.85. The number of likely N-dealkylation sites (tertiary alicyclic amines) is 1. The minimum Gasteiger partial charge on any atom is -0.338 e. The van der Waals surface area contributed by atoms with Crippen molar-refractivity contribution in [2.75, 3.05) is 13.1 Å². The van der Waals surface area contributed by atoms with Crippen molar-refractivity contribution in [2.45, 2.75) is 18.5 Å². The van der Waals surface area contributed by atoms with E-state index in [0.717, 1.165) is 13.1 Å². The van der Waals surface area contributed by atoms with Gasteiger partial charge in [0.25, 0.3) is 5.69 Å². The number of nitrogens with two attached hydrogens (primary N) is 1. The number of rotatable bonds is 5. The Hall–Kier alpha value is -2.81. The zero-order valence-corrected chi connectivity index (χ0v) is 15.8. The van der Waals surface area contributed by atoms with Gasteiger partial charge < -0.3 is 10.3 Å². The largest absolute Gasteiger partial charge is 0.338 e. The number of hydrogen-bond acceptors (Lipinski definition) is 7. The summed E-state index contributed by atoms with van der Waals surface area (Å²) in [6.45, 7) is 2.12. The van der Waals surface area contributed by atoms with Gasteiger partial charge in [0, 0.05) is 42.7 Å². The maximum absolute atomic E-state index is 10.7. The van der Waals surface area contributed by atoms with Crippen LogP contribution in [0.1, 0.15) is 17.4 Å². The van der Waals surface area contributed by atoms with Crippen LogP contribution < -0.4 is 5.73 Å². The third-order valence-corrected chi connectivity index (χ3v) is 4.83. The van der Waals surface area contributed by atoms with Gasteiger partial charge in [-0.2, -0.15) is 4.98 Å². The van der Waals surface area contributed by atoms with Crippen LogP contribution in [0.4, 0.5) is 5.69 Å². The van der Waals surface area contributed by atoms with Gasteiger partial charge in [-0.05, 0) is 17.7 Å². The Balaban J connectivity index is 0.00000225. The van der Waals surface area contributed by atoms with Gasteiger partial charge >= 0.3 is 0 Å². The minimum atomic E-state index is -0.439. The molecule has 2 atom stereocenters. The third kappa shape index (κ3) is 4.19. The Kier molecular flexibility index (Phi) is 6.03. The van der Waals surface area contributed by atoms with Crippen LogP contribution in [0.25, 0.3) is 11.4 Å². The third-order valence-electron chi connectivity index (χ3n) is 4.83. The molecule has 1 fully saturated rings. The van der Waals surface area contributed by atoms with Gasteiger partial charge in [-0.3, -0.25) is 15.0 Å². The molecule has 1 aromatic heterocycles. The second-order valence-electron chi connectivity index (χ2n) is 6.69. The van der Waals surface area contributed by atoms with Crippen molar-refractivity contribution in [3.63, 3.8) is 0 Å². The molecule has 8 nitrogen and oxygen atoms in total. The zero-order chi connectivity index (χ0) is 18.8. The molecular formula is C19H20ClN5O3. The smallest absolute Gasteiger partial charge is 0.269 e. The van der Waals surface area contributed by atoms with E-state index in [1.165, 1.54) is 17.7 Å². The van der Waals surface area contributed by atoms with Gasteiger partial charge in [0.05, 0.1) is 11.5 Å². The fraction of sp³-hybridized carbons (Fsp3) is 0.263. The Morgan fingerprint density at radius 2 is 1.86 bits per heavy atom. The van der Waals surface area contributed by atoms with Gasteiger partial charge in [-0.15, -0.1) is 12.4 Å². The first-order chi connectivity index (χ1) is 13.1. The lowest BCUT2D eigenvalue weighted by atomic mass is 9.95. The van der Waals surface area contributed by atoms with Crippen LogP contribution in [0.2, 0.25) is 0 Å². The molecule has 28 heavy (non-hydrogen) atoms. The summed E-state index contributed by atoms with van der Waals surface area (Å²) in [6, 6.07) is 16.4. The summed E-state index contributed by atoms with van der Waals surface area (Å²) in [4.78, 5) is 16.9. The van der Waals surface area contributed by atoms with Crippen LogP contribution in [0.3, 0.4) is 0 Å². The molecule has 0 aliphatic carbocycles. The van der Waals surface area contributed by atoms with Crippen molar-refractivity contribution in [3.8, 4) is 11.4 Å². The number of benzene rings is 2. The molecule has 3 aromatic rings. The fourth-order valence-electron chi connectivity index (χ4n) is 3.46. The quantitative estimate of drug-likeness (QED) is 0.516. The van der Waals surface area contributed by atoms with Crippen LogP contribution >= 0.6 is 12.4 Å². The fourth-order valence-corrected chi connectivity index (χ4v) is 3.46. The van der Waals surface area contributed by atoms with Crippen LogP contribution in [0.5, 0.6) is 0 Å².